The van der Waals surface area contributed by atoms with Crippen LogP contribution in [0.25, 0.3) is 0 Å². The Kier molecular flexibility index (Phi) is 5.12. The number of nitrogens with zero attached hydrogens (tertiary/aromatic N) is 1. The lowest BCUT2D eigenvalue weighted by Gasteiger charge is -2.34. The molecule has 4 heteroatoms. The van der Waals surface area contributed by atoms with Crippen LogP contribution in [0.3, 0.4) is 0 Å². The van der Waals surface area contributed by atoms with E-state index >= 15 is 0 Å². The van der Waals surface area contributed by atoms with Crippen LogP contribution in [0.2, 0.25) is 0 Å². The van der Waals surface area contributed by atoms with Crippen molar-refractivity contribution in [2.45, 2.75) is 45.7 Å². The van der Waals surface area contributed by atoms with Gasteiger partial charge in [0.25, 0.3) is 5.91 Å². The van der Waals surface area contributed by atoms with Crippen molar-refractivity contribution in [3.05, 3.63) is 35.4 Å². The molecule has 1 aromatic rings. The molecule has 0 aliphatic carbocycles. The molecular weight excluding hydrogens is 266 g/mol. The third-order valence-corrected chi connectivity index (χ3v) is 3.97. The van der Waals surface area contributed by atoms with Gasteiger partial charge < -0.3 is 9.64 Å². The zero-order valence-corrected chi connectivity index (χ0v) is 13.0. The van der Waals surface area contributed by atoms with Crippen LogP contribution < -0.4 is 0 Å². The molecule has 0 bridgehead atoms. The number of ether oxygens (including phenoxy) is 1. The summed E-state index contributed by atoms with van der Waals surface area (Å²) in [5, 5.41) is 0. The number of Topliss-reactive ketones (excluding diaryl/α,β-unsaturated/α-hetero) is 1. The Hall–Kier alpha value is -1.68. The van der Waals surface area contributed by atoms with E-state index in [1.54, 1.807) is 11.8 Å². The standard InChI is InChI=1S/C15H17NO3.C2H6/c1-10(17)14-12-4-2-3-5-13(12)15(18)16(14)11-6-8-19-9-7-11;1-2/h2-5,11,14H,6-9H2,1H3;1-2H3. The van der Waals surface area contributed by atoms with Crippen molar-refractivity contribution in [3.8, 4) is 0 Å². The first-order valence-corrected chi connectivity index (χ1v) is 7.70. The lowest BCUT2D eigenvalue weighted by molar-refractivity contribution is -0.122. The number of rotatable bonds is 2. The normalized spacial score (nSPS) is 21.6. The van der Waals surface area contributed by atoms with E-state index in [0.29, 0.717) is 18.8 Å². The maximum atomic E-state index is 12.5. The Morgan fingerprint density at radius 3 is 2.43 bits per heavy atom. The molecule has 21 heavy (non-hydrogen) atoms. The summed E-state index contributed by atoms with van der Waals surface area (Å²) in [7, 11) is 0. The van der Waals surface area contributed by atoms with E-state index < -0.39 is 6.04 Å². The minimum atomic E-state index is -0.410. The summed E-state index contributed by atoms with van der Waals surface area (Å²) in [6.07, 6.45) is 1.62. The minimum Gasteiger partial charge on any atom is -0.381 e. The van der Waals surface area contributed by atoms with Gasteiger partial charge in [-0.3, -0.25) is 9.59 Å². The smallest absolute Gasteiger partial charge is 0.255 e. The van der Waals surface area contributed by atoms with E-state index in [9.17, 15) is 9.59 Å². The number of amides is 1. The predicted octanol–water partition coefficient (Wildman–Crippen LogP) is 2.98. The van der Waals surface area contributed by atoms with Crippen molar-refractivity contribution >= 4 is 11.7 Å². The number of carbonyl (C=O) groups excluding carboxylic acids is 2. The third-order valence-electron chi connectivity index (χ3n) is 3.97. The van der Waals surface area contributed by atoms with Crippen molar-refractivity contribution in [2.75, 3.05) is 13.2 Å². The number of hydrogen-bond donors (Lipinski definition) is 0. The Bertz CT molecular complexity index is 521. The zero-order chi connectivity index (χ0) is 15.4. The van der Waals surface area contributed by atoms with E-state index in [2.05, 4.69) is 0 Å². The molecule has 0 radical (unpaired) electrons. The van der Waals surface area contributed by atoms with E-state index in [4.69, 9.17) is 4.74 Å². The molecule has 1 fully saturated rings. The van der Waals surface area contributed by atoms with E-state index in [-0.39, 0.29) is 17.7 Å². The molecular formula is C17H23NO3. The van der Waals surface area contributed by atoms with Gasteiger partial charge in [0.1, 0.15) is 6.04 Å². The molecule has 114 valence electrons. The van der Waals surface area contributed by atoms with Gasteiger partial charge in [0.05, 0.1) is 0 Å². The highest BCUT2D eigenvalue weighted by molar-refractivity contribution is 6.04. The summed E-state index contributed by atoms with van der Waals surface area (Å²) >= 11 is 0. The van der Waals surface area contributed by atoms with Crippen LogP contribution in [0, 0.1) is 0 Å². The fraction of sp³-hybridized carbons (Fsp3) is 0.529. The van der Waals surface area contributed by atoms with Gasteiger partial charge in [0.2, 0.25) is 0 Å². The molecule has 1 unspecified atom stereocenters. The first-order valence-electron chi connectivity index (χ1n) is 7.70. The second-order valence-corrected chi connectivity index (χ2v) is 5.16. The summed E-state index contributed by atoms with van der Waals surface area (Å²) in [4.78, 5) is 26.3. The summed E-state index contributed by atoms with van der Waals surface area (Å²) in [5.41, 5.74) is 1.53. The second-order valence-electron chi connectivity index (χ2n) is 5.16. The Morgan fingerprint density at radius 2 is 1.81 bits per heavy atom. The molecule has 1 atom stereocenters. The monoisotopic (exact) mass is 289 g/mol. The predicted molar refractivity (Wildman–Crippen MR) is 81.2 cm³/mol. The average molecular weight is 289 g/mol. The van der Waals surface area contributed by atoms with Gasteiger partial charge in [-0.15, -0.1) is 0 Å². The molecule has 3 rings (SSSR count). The van der Waals surface area contributed by atoms with Crippen LogP contribution in [0.1, 0.15) is 55.6 Å². The third kappa shape index (κ3) is 2.86. The van der Waals surface area contributed by atoms with Crippen LogP contribution in [0.15, 0.2) is 24.3 Å². The summed E-state index contributed by atoms with van der Waals surface area (Å²) in [6.45, 7) is 6.89. The molecule has 2 heterocycles. The number of fused-ring (bicyclic) bond motifs is 1. The van der Waals surface area contributed by atoms with Gasteiger partial charge in [0.15, 0.2) is 5.78 Å². The van der Waals surface area contributed by atoms with Crippen molar-refractivity contribution in [3.63, 3.8) is 0 Å². The topological polar surface area (TPSA) is 46.6 Å². The Morgan fingerprint density at radius 1 is 1.19 bits per heavy atom. The van der Waals surface area contributed by atoms with Crippen LogP contribution in [0.4, 0.5) is 0 Å². The van der Waals surface area contributed by atoms with Crippen molar-refractivity contribution < 1.29 is 14.3 Å². The fourth-order valence-corrected chi connectivity index (χ4v) is 3.09. The quantitative estimate of drug-likeness (QED) is 0.841. The summed E-state index contributed by atoms with van der Waals surface area (Å²) in [6, 6.07) is 7.14. The van der Waals surface area contributed by atoms with Crippen LogP contribution in [-0.2, 0) is 9.53 Å². The second kappa shape index (κ2) is 6.85. The molecule has 1 aromatic carbocycles. The zero-order valence-electron chi connectivity index (χ0n) is 13.0. The first kappa shape index (κ1) is 15.7. The van der Waals surface area contributed by atoms with Crippen molar-refractivity contribution in [2.24, 2.45) is 0 Å². The maximum absolute atomic E-state index is 12.5. The maximum Gasteiger partial charge on any atom is 0.255 e. The largest absolute Gasteiger partial charge is 0.381 e. The van der Waals surface area contributed by atoms with Crippen LogP contribution in [-0.4, -0.2) is 35.8 Å². The molecule has 0 spiro atoms. The molecule has 2 aliphatic rings. The highest BCUT2D eigenvalue weighted by Gasteiger charge is 2.42. The minimum absolute atomic E-state index is 0.0114. The molecule has 4 nitrogen and oxygen atoms in total. The molecule has 0 N–H and O–H groups in total. The molecule has 2 aliphatic heterocycles. The van der Waals surface area contributed by atoms with Gasteiger partial charge in [-0.2, -0.15) is 0 Å². The average Bonchev–Trinajstić information content (AvgIpc) is 2.84. The Labute approximate surface area is 126 Å². The summed E-state index contributed by atoms with van der Waals surface area (Å²) in [5.74, 6) is 0.0208. The number of carbonyl (C=O) groups is 2. The molecule has 0 aromatic heterocycles. The van der Waals surface area contributed by atoms with Gasteiger partial charge in [-0.05, 0) is 31.4 Å². The molecule has 1 saturated heterocycles. The fourth-order valence-electron chi connectivity index (χ4n) is 3.09. The first-order chi connectivity index (χ1) is 10.2. The van der Waals surface area contributed by atoms with Crippen molar-refractivity contribution in [1.82, 2.24) is 4.90 Å². The van der Waals surface area contributed by atoms with E-state index in [1.807, 2.05) is 38.1 Å². The lowest BCUT2D eigenvalue weighted by Crippen LogP contribution is -2.43. The van der Waals surface area contributed by atoms with E-state index in [0.717, 1.165) is 18.4 Å². The van der Waals surface area contributed by atoms with Gasteiger partial charge in [0, 0.05) is 24.8 Å². The number of ketones is 1. The highest BCUT2D eigenvalue weighted by Crippen LogP contribution is 2.37. The van der Waals surface area contributed by atoms with Gasteiger partial charge >= 0.3 is 0 Å². The number of hydrogen-bond acceptors (Lipinski definition) is 3. The molecule has 1 amide bonds. The van der Waals surface area contributed by atoms with Crippen molar-refractivity contribution in [1.29, 1.82) is 0 Å². The Balaban J connectivity index is 0.000000774. The van der Waals surface area contributed by atoms with E-state index in [1.165, 1.54) is 0 Å². The van der Waals surface area contributed by atoms with Crippen LogP contribution in [0.5, 0.6) is 0 Å². The lowest BCUT2D eigenvalue weighted by atomic mass is 10.0. The highest BCUT2D eigenvalue weighted by atomic mass is 16.5. The van der Waals surface area contributed by atoms with Gasteiger partial charge in [-0.1, -0.05) is 32.0 Å². The summed E-state index contributed by atoms with van der Waals surface area (Å²) < 4.78 is 5.34. The van der Waals surface area contributed by atoms with Crippen LogP contribution >= 0.6 is 0 Å². The molecule has 0 saturated carbocycles. The van der Waals surface area contributed by atoms with Gasteiger partial charge in [-0.25, -0.2) is 0 Å². The SMILES string of the molecule is CC.CC(=O)C1c2ccccc2C(=O)N1C1CCOCC1. The number of benzene rings is 1.